The molecule has 0 aliphatic rings. The van der Waals surface area contributed by atoms with Gasteiger partial charge in [-0.3, -0.25) is 4.79 Å². The van der Waals surface area contributed by atoms with Crippen molar-refractivity contribution in [1.82, 2.24) is 5.43 Å². The fraction of sp³-hybridized carbons (Fsp3) is 0.406. The van der Waals surface area contributed by atoms with E-state index >= 15 is 0 Å². The van der Waals surface area contributed by atoms with Gasteiger partial charge in [-0.1, -0.05) is 113 Å². The summed E-state index contributed by atoms with van der Waals surface area (Å²) in [5, 5.41) is 6.58. The first-order valence-corrected chi connectivity index (χ1v) is 14.3. The summed E-state index contributed by atoms with van der Waals surface area (Å²) in [6, 6.07) is 17.9. The largest absolute Gasteiger partial charge is 0.422 e. The molecule has 0 fully saturated rings. The number of amides is 1. The molecule has 0 spiro atoms. The van der Waals surface area contributed by atoms with E-state index in [1.54, 1.807) is 36.5 Å². The fourth-order valence-corrected chi connectivity index (χ4v) is 4.54. The molecule has 0 aromatic heterocycles. The number of fused-ring (bicyclic) bond motifs is 1. The summed E-state index contributed by atoms with van der Waals surface area (Å²) in [5.41, 5.74) is 3.64. The Morgan fingerprint density at radius 1 is 0.816 bits per heavy atom. The molecule has 0 aliphatic carbocycles. The molecule has 1 amide bonds. The molecule has 6 heteroatoms. The second-order valence-electron chi connectivity index (χ2n) is 9.67. The van der Waals surface area contributed by atoms with Crippen molar-refractivity contribution >= 4 is 40.5 Å². The quantitative estimate of drug-likeness (QED) is 0.0655. The van der Waals surface area contributed by atoms with Gasteiger partial charge in [-0.25, -0.2) is 10.2 Å². The average molecular weight is 535 g/mol. The zero-order chi connectivity index (χ0) is 27.0. The second kappa shape index (κ2) is 16.6. The Morgan fingerprint density at radius 2 is 1.45 bits per heavy atom. The van der Waals surface area contributed by atoms with Crippen molar-refractivity contribution in [2.45, 2.75) is 84.0 Å². The Kier molecular flexibility index (Phi) is 12.8. The lowest BCUT2D eigenvalue weighted by molar-refractivity contribution is -0.121. The van der Waals surface area contributed by atoms with Crippen LogP contribution in [0.15, 0.2) is 65.8 Å². The summed E-state index contributed by atoms with van der Waals surface area (Å²) in [6.45, 7) is 2.25. The number of hydrogen-bond donors (Lipinski definition) is 1. The topological polar surface area (TPSA) is 67.8 Å². The van der Waals surface area contributed by atoms with E-state index in [-0.39, 0.29) is 5.91 Å². The Bertz CT molecular complexity index is 1190. The van der Waals surface area contributed by atoms with Crippen molar-refractivity contribution in [2.75, 3.05) is 0 Å². The molecular weight excluding hydrogens is 496 g/mol. The number of hydrazone groups is 1. The van der Waals surface area contributed by atoms with E-state index in [1.165, 1.54) is 57.8 Å². The lowest BCUT2D eigenvalue weighted by Crippen LogP contribution is -2.17. The van der Waals surface area contributed by atoms with Crippen molar-refractivity contribution in [3.8, 4) is 5.75 Å². The first kappa shape index (κ1) is 29.4. The minimum atomic E-state index is -0.493. The maximum absolute atomic E-state index is 12.7. The summed E-state index contributed by atoms with van der Waals surface area (Å²) in [6.07, 6.45) is 15.7. The van der Waals surface area contributed by atoms with Crippen molar-refractivity contribution in [1.29, 1.82) is 0 Å². The highest BCUT2D eigenvalue weighted by Crippen LogP contribution is 2.27. The van der Waals surface area contributed by atoms with Crippen molar-refractivity contribution in [3.05, 3.63) is 76.8 Å². The molecule has 0 unspecified atom stereocenters. The first-order valence-electron chi connectivity index (χ1n) is 13.9. The van der Waals surface area contributed by atoms with E-state index in [4.69, 9.17) is 16.3 Å². The number of unbranched alkanes of at least 4 members (excludes halogenated alkanes) is 10. The Hall–Kier alpha value is -3.18. The predicted molar refractivity (Wildman–Crippen MR) is 157 cm³/mol. The maximum Gasteiger partial charge on any atom is 0.343 e. The van der Waals surface area contributed by atoms with Crippen LogP contribution in [-0.4, -0.2) is 18.1 Å². The molecule has 3 rings (SSSR count). The van der Waals surface area contributed by atoms with Gasteiger partial charge < -0.3 is 4.74 Å². The lowest BCUT2D eigenvalue weighted by atomic mass is 10.0. The number of esters is 1. The molecule has 38 heavy (non-hydrogen) atoms. The van der Waals surface area contributed by atoms with Crippen LogP contribution < -0.4 is 10.2 Å². The second-order valence-corrected chi connectivity index (χ2v) is 10.1. The third-order valence-corrected chi connectivity index (χ3v) is 6.86. The van der Waals surface area contributed by atoms with Gasteiger partial charge in [-0.05, 0) is 47.5 Å². The van der Waals surface area contributed by atoms with Crippen molar-refractivity contribution in [3.63, 3.8) is 0 Å². The van der Waals surface area contributed by atoms with E-state index in [9.17, 15) is 9.59 Å². The highest BCUT2D eigenvalue weighted by Gasteiger charge is 2.13. The minimum Gasteiger partial charge on any atom is -0.422 e. The van der Waals surface area contributed by atoms with Crippen molar-refractivity contribution in [2.24, 2.45) is 5.10 Å². The van der Waals surface area contributed by atoms with Crippen LogP contribution in [0, 0.1) is 0 Å². The molecule has 202 valence electrons. The van der Waals surface area contributed by atoms with Crippen LogP contribution >= 0.6 is 11.6 Å². The number of ether oxygens (including phenoxy) is 1. The highest BCUT2D eigenvalue weighted by atomic mass is 35.5. The van der Waals surface area contributed by atoms with E-state index in [1.807, 2.05) is 30.3 Å². The smallest absolute Gasteiger partial charge is 0.343 e. The van der Waals surface area contributed by atoms with Gasteiger partial charge in [-0.2, -0.15) is 5.10 Å². The fourth-order valence-electron chi connectivity index (χ4n) is 4.42. The summed E-state index contributed by atoms with van der Waals surface area (Å²) >= 11 is 5.93. The molecule has 0 bridgehead atoms. The zero-order valence-corrected chi connectivity index (χ0v) is 23.1. The van der Waals surface area contributed by atoms with Gasteiger partial charge in [0.15, 0.2) is 0 Å². The molecule has 0 radical (unpaired) electrons. The number of carbonyl (C=O) groups excluding carboxylic acids is 2. The van der Waals surface area contributed by atoms with Gasteiger partial charge >= 0.3 is 5.97 Å². The summed E-state index contributed by atoms with van der Waals surface area (Å²) in [4.78, 5) is 25.0. The van der Waals surface area contributed by atoms with Crippen LogP contribution in [0.3, 0.4) is 0 Å². The molecule has 0 heterocycles. The molecule has 0 aliphatic heterocycles. The van der Waals surface area contributed by atoms with Gasteiger partial charge in [-0.15, -0.1) is 0 Å². The van der Waals surface area contributed by atoms with Crippen LogP contribution in [0.4, 0.5) is 0 Å². The molecule has 3 aromatic carbocycles. The monoisotopic (exact) mass is 534 g/mol. The number of nitrogens with zero attached hydrogens (tertiary/aromatic N) is 1. The molecule has 3 aromatic rings. The summed E-state index contributed by atoms with van der Waals surface area (Å²) < 4.78 is 5.70. The number of carbonyl (C=O) groups is 2. The van der Waals surface area contributed by atoms with Gasteiger partial charge in [0.05, 0.1) is 11.8 Å². The molecule has 0 atom stereocenters. The Balaban J connectivity index is 1.48. The first-order chi connectivity index (χ1) is 18.6. The lowest BCUT2D eigenvalue weighted by Gasteiger charge is -2.10. The molecule has 0 saturated heterocycles. The van der Waals surface area contributed by atoms with Crippen LogP contribution in [0.25, 0.3) is 10.8 Å². The number of rotatable bonds is 16. The third-order valence-electron chi connectivity index (χ3n) is 6.60. The minimum absolute atomic E-state index is 0.114. The van der Waals surface area contributed by atoms with Gasteiger partial charge in [0.25, 0.3) is 0 Å². The zero-order valence-electron chi connectivity index (χ0n) is 22.4. The van der Waals surface area contributed by atoms with Crippen molar-refractivity contribution < 1.29 is 14.3 Å². The molecule has 5 nitrogen and oxygen atoms in total. The average Bonchev–Trinajstić information content (AvgIpc) is 2.93. The SMILES string of the molecule is CCCCCCCCCCCCCC(=O)N/N=C\c1c(OC(=O)c2ccc(Cl)cc2)ccc2ccccc12. The van der Waals surface area contributed by atoms with E-state index < -0.39 is 5.97 Å². The van der Waals surface area contributed by atoms with Crippen LogP contribution in [-0.2, 0) is 4.79 Å². The number of hydrogen-bond acceptors (Lipinski definition) is 4. The molecular formula is C32H39ClN2O3. The van der Waals surface area contributed by atoms with Gasteiger partial charge in [0, 0.05) is 17.0 Å². The number of nitrogens with one attached hydrogen (secondary N) is 1. The van der Waals surface area contributed by atoms with E-state index in [2.05, 4.69) is 17.5 Å². The summed E-state index contributed by atoms with van der Waals surface area (Å²) in [7, 11) is 0. The van der Waals surface area contributed by atoms with E-state index in [0.29, 0.717) is 28.3 Å². The van der Waals surface area contributed by atoms with Gasteiger partial charge in [0.2, 0.25) is 5.91 Å². The van der Waals surface area contributed by atoms with E-state index in [0.717, 1.165) is 23.6 Å². The normalized spacial score (nSPS) is 11.2. The van der Waals surface area contributed by atoms with Crippen LogP contribution in [0.2, 0.25) is 5.02 Å². The number of halogens is 1. The van der Waals surface area contributed by atoms with Gasteiger partial charge in [0.1, 0.15) is 5.75 Å². The predicted octanol–water partition coefficient (Wildman–Crippen LogP) is 8.86. The number of benzene rings is 3. The highest BCUT2D eigenvalue weighted by molar-refractivity contribution is 6.30. The third kappa shape index (κ3) is 9.94. The molecule has 0 saturated carbocycles. The van der Waals surface area contributed by atoms with Crippen LogP contribution in [0.1, 0.15) is 99.9 Å². The standard InChI is InChI=1S/C32H39ClN2O3/c1-2-3-4-5-6-7-8-9-10-11-12-17-31(36)35-34-24-29-28-16-14-13-15-25(28)20-23-30(29)38-32(37)26-18-21-27(33)22-19-26/h13-16,18-24H,2-12,17H2,1H3,(H,35,36)/b34-24-. The maximum atomic E-state index is 12.7. The van der Waals surface area contributed by atoms with Crippen LogP contribution in [0.5, 0.6) is 5.75 Å². The molecule has 1 N–H and O–H groups in total. The summed E-state index contributed by atoms with van der Waals surface area (Å²) in [5.74, 6) is -0.240. The Morgan fingerprint density at radius 3 is 2.13 bits per heavy atom. The Labute approximate surface area is 231 Å².